The average molecular weight is 409 g/mol. The van der Waals surface area contributed by atoms with Gasteiger partial charge in [-0.2, -0.15) is 4.98 Å². The van der Waals surface area contributed by atoms with Gasteiger partial charge >= 0.3 is 0 Å². The lowest BCUT2D eigenvalue weighted by Crippen LogP contribution is -2.09. The molecule has 8 nitrogen and oxygen atoms in total. The molecule has 2 N–H and O–H groups in total. The predicted octanol–water partition coefficient (Wildman–Crippen LogP) is 3.52. The molecule has 0 unspecified atom stereocenters. The van der Waals surface area contributed by atoms with Gasteiger partial charge in [0.1, 0.15) is 5.75 Å². The van der Waals surface area contributed by atoms with Crippen LogP contribution in [0.3, 0.4) is 0 Å². The van der Waals surface area contributed by atoms with Crippen LogP contribution >= 0.6 is 0 Å². The van der Waals surface area contributed by atoms with Crippen molar-refractivity contribution < 1.29 is 13.2 Å². The van der Waals surface area contributed by atoms with Crippen LogP contribution in [0.25, 0.3) is 16.8 Å². The molecule has 4 rings (SSSR count). The van der Waals surface area contributed by atoms with Gasteiger partial charge in [0.25, 0.3) is 0 Å². The number of rotatable bonds is 6. The molecule has 0 saturated heterocycles. The summed E-state index contributed by atoms with van der Waals surface area (Å²) in [6.07, 6.45) is 2.96. The predicted molar refractivity (Wildman–Crippen MR) is 113 cm³/mol. The fraction of sp³-hybridized carbons (Fsp3) is 0.100. The third-order valence-corrected chi connectivity index (χ3v) is 4.79. The van der Waals surface area contributed by atoms with Crippen LogP contribution < -0.4 is 14.8 Å². The Bertz CT molecular complexity index is 1280. The van der Waals surface area contributed by atoms with Crippen molar-refractivity contribution in [3.05, 3.63) is 66.9 Å². The first-order chi connectivity index (χ1) is 13.9. The highest BCUT2D eigenvalue weighted by atomic mass is 32.2. The second-order valence-corrected chi connectivity index (χ2v) is 8.18. The Morgan fingerprint density at radius 1 is 1.00 bits per heavy atom. The fourth-order valence-electron chi connectivity index (χ4n) is 2.95. The van der Waals surface area contributed by atoms with Gasteiger partial charge in [-0.3, -0.25) is 4.72 Å². The first kappa shape index (κ1) is 18.8. The van der Waals surface area contributed by atoms with Crippen LogP contribution in [0, 0.1) is 0 Å². The number of ether oxygens (including phenoxy) is 1. The summed E-state index contributed by atoms with van der Waals surface area (Å²) in [6, 6.07) is 18.5. The summed E-state index contributed by atoms with van der Waals surface area (Å²) in [5.41, 5.74) is 3.68. The van der Waals surface area contributed by atoms with Gasteiger partial charge in [0, 0.05) is 17.4 Å². The standard InChI is InChI=1S/C20H19N5O3S/c1-28-18-9-4-3-8-17(18)21-20-22-19-11-10-15(13-25(19)23-20)14-6-5-7-16(12-14)24-29(2,26)27/h3-13,24H,1-2H3,(H,21,23). The van der Waals surface area contributed by atoms with Crippen LogP contribution in [0.5, 0.6) is 5.75 Å². The van der Waals surface area contributed by atoms with E-state index in [1.165, 1.54) is 0 Å². The van der Waals surface area contributed by atoms with Gasteiger partial charge in [-0.05, 0) is 42.0 Å². The van der Waals surface area contributed by atoms with Gasteiger partial charge in [0.15, 0.2) is 5.65 Å². The number of sulfonamides is 1. The van der Waals surface area contributed by atoms with Crippen LogP contribution in [0.4, 0.5) is 17.3 Å². The molecule has 0 atom stereocenters. The Balaban J connectivity index is 1.65. The molecule has 0 fully saturated rings. The molecule has 148 valence electrons. The highest BCUT2D eigenvalue weighted by Gasteiger charge is 2.09. The van der Waals surface area contributed by atoms with Gasteiger partial charge in [-0.15, -0.1) is 5.10 Å². The van der Waals surface area contributed by atoms with Crippen molar-refractivity contribution in [3.63, 3.8) is 0 Å². The van der Waals surface area contributed by atoms with E-state index >= 15 is 0 Å². The third-order valence-electron chi connectivity index (χ3n) is 4.18. The first-order valence-corrected chi connectivity index (χ1v) is 10.7. The summed E-state index contributed by atoms with van der Waals surface area (Å²) in [5, 5.41) is 7.64. The summed E-state index contributed by atoms with van der Waals surface area (Å²) in [6.45, 7) is 0. The molecule has 0 bridgehead atoms. The van der Waals surface area contributed by atoms with Crippen molar-refractivity contribution in [3.8, 4) is 16.9 Å². The lowest BCUT2D eigenvalue weighted by atomic mass is 10.1. The molecule has 9 heteroatoms. The fourth-order valence-corrected chi connectivity index (χ4v) is 3.51. The Morgan fingerprint density at radius 2 is 1.83 bits per heavy atom. The van der Waals surface area contributed by atoms with E-state index in [-0.39, 0.29) is 0 Å². The van der Waals surface area contributed by atoms with Crippen molar-refractivity contribution in [1.29, 1.82) is 0 Å². The number of anilines is 3. The van der Waals surface area contributed by atoms with Crippen LogP contribution in [-0.4, -0.2) is 36.4 Å². The third kappa shape index (κ3) is 4.30. The molecule has 0 aliphatic rings. The number of pyridine rings is 1. The van der Waals surface area contributed by atoms with E-state index in [1.54, 1.807) is 29.8 Å². The maximum Gasteiger partial charge on any atom is 0.247 e. The minimum atomic E-state index is -3.34. The smallest absolute Gasteiger partial charge is 0.247 e. The maximum atomic E-state index is 11.5. The average Bonchev–Trinajstić information content (AvgIpc) is 3.08. The van der Waals surface area contributed by atoms with E-state index in [4.69, 9.17) is 4.74 Å². The number of methoxy groups -OCH3 is 1. The van der Waals surface area contributed by atoms with Gasteiger partial charge in [-0.25, -0.2) is 12.9 Å². The molecule has 2 aromatic carbocycles. The maximum absolute atomic E-state index is 11.5. The SMILES string of the molecule is COc1ccccc1Nc1nc2ccc(-c3cccc(NS(C)(=O)=O)c3)cn2n1. The summed E-state index contributed by atoms with van der Waals surface area (Å²) in [5.74, 6) is 1.14. The van der Waals surface area contributed by atoms with E-state index in [9.17, 15) is 8.42 Å². The Hall–Kier alpha value is -3.59. The zero-order chi connectivity index (χ0) is 20.4. The number of nitrogens with zero attached hydrogens (tertiary/aromatic N) is 3. The Labute approximate surface area is 168 Å². The van der Waals surface area contributed by atoms with Crippen LogP contribution in [-0.2, 0) is 10.0 Å². The largest absolute Gasteiger partial charge is 0.495 e. The first-order valence-electron chi connectivity index (χ1n) is 8.76. The molecule has 4 aromatic rings. The van der Waals surface area contributed by atoms with E-state index in [1.807, 2.05) is 48.7 Å². The van der Waals surface area contributed by atoms with Crippen LogP contribution in [0.2, 0.25) is 0 Å². The van der Waals surface area contributed by atoms with Crippen molar-refractivity contribution in [2.45, 2.75) is 0 Å². The highest BCUT2D eigenvalue weighted by molar-refractivity contribution is 7.92. The van der Waals surface area contributed by atoms with Gasteiger partial charge < -0.3 is 10.1 Å². The number of nitrogens with one attached hydrogen (secondary N) is 2. The molecule has 0 radical (unpaired) electrons. The number of para-hydroxylation sites is 2. The van der Waals surface area contributed by atoms with Crippen molar-refractivity contribution in [2.24, 2.45) is 0 Å². The van der Waals surface area contributed by atoms with E-state index < -0.39 is 10.0 Å². The Morgan fingerprint density at radius 3 is 2.62 bits per heavy atom. The summed E-state index contributed by atoms with van der Waals surface area (Å²) in [7, 11) is -1.73. The number of aromatic nitrogens is 3. The molecule has 0 amide bonds. The number of benzene rings is 2. The van der Waals surface area contributed by atoms with Crippen LogP contribution in [0.1, 0.15) is 0 Å². The number of fused-ring (bicyclic) bond motifs is 1. The monoisotopic (exact) mass is 409 g/mol. The lowest BCUT2D eigenvalue weighted by molar-refractivity contribution is 0.417. The molecule has 29 heavy (non-hydrogen) atoms. The molecule has 2 aromatic heterocycles. The molecular weight excluding hydrogens is 390 g/mol. The quantitative estimate of drug-likeness (QED) is 0.506. The molecule has 0 spiro atoms. The van der Waals surface area contributed by atoms with Gasteiger partial charge in [-0.1, -0.05) is 24.3 Å². The molecule has 0 aliphatic heterocycles. The minimum absolute atomic E-state index is 0.444. The minimum Gasteiger partial charge on any atom is -0.495 e. The highest BCUT2D eigenvalue weighted by Crippen LogP contribution is 2.27. The normalized spacial score (nSPS) is 11.4. The van der Waals surface area contributed by atoms with Crippen molar-refractivity contribution in [1.82, 2.24) is 14.6 Å². The molecular formula is C20H19N5O3S. The van der Waals surface area contributed by atoms with Crippen molar-refractivity contribution in [2.75, 3.05) is 23.4 Å². The molecule has 0 saturated carbocycles. The Kier molecular flexibility index (Phi) is 4.81. The second-order valence-electron chi connectivity index (χ2n) is 6.44. The molecule has 2 heterocycles. The van der Waals surface area contributed by atoms with E-state index in [0.717, 1.165) is 23.1 Å². The lowest BCUT2D eigenvalue weighted by Gasteiger charge is -2.07. The topological polar surface area (TPSA) is 97.6 Å². The van der Waals surface area contributed by atoms with Crippen LogP contribution in [0.15, 0.2) is 66.9 Å². The van der Waals surface area contributed by atoms with Gasteiger partial charge in [0.05, 0.1) is 19.1 Å². The van der Waals surface area contributed by atoms with E-state index in [0.29, 0.717) is 23.0 Å². The summed E-state index contributed by atoms with van der Waals surface area (Å²) >= 11 is 0. The molecule has 0 aliphatic carbocycles. The van der Waals surface area contributed by atoms with E-state index in [2.05, 4.69) is 20.1 Å². The number of hydrogen-bond acceptors (Lipinski definition) is 6. The van der Waals surface area contributed by atoms with Gasteiger partial charge in [0.2, 0.25) is 16.0 Å². The number of hydrogen-bond donors (Lipinski definition) is 2. The second kappa shape index (κ2) is 7.44. The summed E-state index contributed by atoms with van der Waals surface area (Å²) < 4.78 is 32.4. The zero-order valence-electron chi connectivity index (χ0n) is 15.8. The summed E-state index contributed by atoms with van der Waals surface area (Å²) in [4.78, 5) is 4.48. The zero-order valence-corrected chi connectivity index (χ0v) is 16.6. The van der Waals surface area contributed by atoms with Crippen molar-refractivity contribution >= 4 is 33.0 Å².